The molecule has 1 aliphatic rings. The van der Waals surface area contributed by atoms with Crippen LogP contribution in [0.3, 0.4) is 0 Å². The van der Waals surface area contributed by atoms with E-state index in [9.17, 15) is 14.7 Å². The van der Waals surface area contributed by atoms with Crippen LogP contribution in [0.25, 0.3) is 0 Å². The zero-order valence-electron chi connectivity index (χ0n) is 18.2. The molecule has 0 saturated carbocycles. The molecule has 0 aromatic rings. The lowest BCUT2D eigenvalue weighted by Crippen LogP contribution is -2.56. The number of esters is 2. The maximum atomic E-state index is 12.1. The third kappa shape index (κ3) is 8.27. The summed E-state index contributed by atoms with van der Waals surface area (Å²) in [6.07, 6.45) is 1.85. The van der Waals surface area contributed by atoms with Crippen LogP contribution in [0.15, 0.2) is 11.8 Å². The monoisotopic (exact) mass is 430 g/mol. The van der Waals surface area contributed by atoms with Gasteiger partial charge in [0.25, 0.3) is 0 Å². The summed E-state index contributed by atoms with van der Waals surface area (Å²) in [6.45, 7) is 5.48. The first kappa shape index (κ1) is 25.8. The second-order valence-corrected chi connectivity index (χ2v) is 6.97. The molecule has 1 saturated heterocycles. The van der Waals surface area contributed by atoms with Crippen LogP contribution in [0.2, 0.25) is 0 Å². The Hall–Kier alpha value is -2.21. The van der Waals surface area contributed by atoms with E-state index >= 15 is 0 Å². The van der Waals surface area contributed by atoms with Crippen LogP contribution in [-0.4, -0.2) is 98.6 Å². The van der Waals surface area contributed by atoms with E-state index in [2.05, 4.69) is 15.3 Å². The van der Waals surface area contributed by atoms with Gasteiger partial charge in [0.1, 0.15) is 5.60 Å². The van der Waals surface area contributed by atoms with E-state index < -0.39 is 23.3 Å². The summed E-state index contributed by atoms with van der Waals surface area (Å²) in [6, 6.07) is 0. The molecule has 0 atom stereocenters. The van der Waals surface area contributed by atoms with Crippen LogP contribution in [0.1, 0.15) is 26.7 Å². The molecule has 0 aliphatic carbocycles. The molecule has 30 heavy (non-hydrogen) atoms. The van der Waals surface area contributed by atoms with Gasteiger partial charge in [-0.05, 0) is 40.8 Å². The van der Waals surface area contributed by atoms with E-state index in [4.69, 9.17) is 24.5 Å². The number of amidine groups is 1. The van der Waals surface area contributed by atoms with Gasteiger partial charge in [-0.25, -0.2) is 15.1 Å². The van der Waals surface area contributed by atoms with E-state index in [0.29, 0.717) is 25.9 Å². The topological polar surface area (TPSA) is 134 Å². The molecule has 0 amide bonds. The highest BCUT2D eigenvalue weighted by Crippen LogP contribution is 2.27. The van der Waals surface area contributed by atoms with Gasteiger partial charge in [0.2, 0.25) is 5.76 Å². The zero-order valence-corrected chi connectivity index (χ0v) is 18.2. The van der Waals surface area contributed by atoms with Crippen molar-refractivity contribution < 1.29 is 33.7 Å². The Kier molecular flexibility index (Phi) is 11.3. The number of nitrogens with one attached hydrogen (secondary N) is 2. The summed E-state index contributed by atoms with van der Waals surface area (Å²) >= 11 is 0. The molecule has 1 heterocycles. The highest BCUT2D eigenvalue weighted by molar-refractivity contribution is 5.95. The van der Waals surface area contributed by atoms with Crippen molar-refractivity contribution in [3.8, 4) is 0 Å². The number of hydrogen-bond donors (Lipinski definition) is 3. The largest absolute Gasteiger partial charge is 0.463 e. The van der Waals surface area contributed by atoms with Gasteiger partial charge in [-0.3, -0.25) is 15.2 Å². The smallest absolute Gasteiger partial charge is 0.377 e. The Balaban J connectivity index is 2.86. The number of hydrogen-bond acceptors (Lipinski definition) is 10. The highest BCUT2D eigenvalue weighted by atomic mass is 16.7. The Morgan fingerprint density at radius 2 is 1.83 bits per heavy atom. The maximum absolute atomic E-state index is 12.1. The zero-order chi connectivity index (χ0) is 22.6. The molecule has 0 spiro atoms. The van der Waals surface area contributed by atoms with Gasteiger partial charge in [0.05, 0.1) is 39.2 Å². The molecule has 0 unspecified atom stereocenters. The number of carbonyl (C=O) groups is 2. The summed E-state index contributed by atoms with van der Waals surface area (Å²) in [7, 11) is 3.96. The van der Waals surface area contributed by atoms with Crippen LogP contribution in [0.4, 0.5) is 0 Å². The maximum Gasteiger partial charge on any atom is 0.377 e. The van der Waals surface area contributed by atoms with Crippen LogP contribution < -0.4 is 5.48 Å². The average Bonchev–Trinajstić information content (AvgIpc) is 2.70. The number of aliphatic hydroxyl groups is 1. The minimum Gasteiger partial charge on any atom is -0.463 e. The quantitative estimate of drug-likeness (QED) is 0.0959. The molecule has 11 heteroatoms. The molecule has 0 bridgehead atoms. The summed E-state index contributed by atoms with van der Waals surface area (Å²) in [5, 5.41) is 17.6. The summed E-state index contributed by atoms with van der Waals surface area (Å²) in [4.78, 5) is 33.3. The average molecular weight is 431 g/mol. The standard InChI is InChI=1S/C19H34N4O7/c1-5-27-16(25)13-15(17(26)28-6-2)30-21-18(20)19(29-12-11-24)7-9-23(10-8-19)14-22(3)4/h13,24H,5-12,14H2,1-4H3,(H2,20,21). The Labute approximate surface area is 177 Å². The first-order chi connectivity index (χ1) is 14.3. The normalized spacial score (nSPS) is 16.8. The van der Waals surface area contributed by atoms with Crippen LogP contribution in [0.5, 0.6) is 0 Å². The SMILES string of the molecule is CCOC(=O)C=C(ONC(=N)C1(OCCO)CCN(CN(C)C)CC1)C(=O)OCC. The first-order valence-corrected chi connectivity index (χ1v) is 9.97. The van der Waals surface area contributed by atoms with Crippen LogP contribution >= 0.6 is 0 Å². The molecule has 1 aliphatic heterocycles. The molecular formula is C19H34N4O7. The van der Waals surface area contributed by atoms with Gasteiger partial charge in [-0.15, -0.1) is 0 Å². The van der Waals surface area contributed by atoms with Crippen molar-refractivity contribution in [2.75, 3.05) is 60.3 Å². The van der Waals surface area contributed by atoms with Crippen molar-refractivity contribution in [2.45, 2.75) is 32.3 Å². The summed E-state index contributed by atoms with van der Waals surface area (Å²) in [5.74, 6) is -2.17. The number of carbonyl (C=O) groups excluding carboxylic acids is 2. The van der Waals surface area contributed by atoms with Gasteiger partial charge in [-0.2, -0.15) is 0 Å². The van der Waals surface area contributed by atoms with Gasteiger partial charge in [0, 0.05) is 13.1 Å². The third-order valence-corrected chi connectivity index (χ3v) is 4.35. The fourth-order valence-corrected chi connectivity index (χ4v) is 2.99. The van der Waals surface area contributed by atoms with Gasteiger partial charge in [0.15, 0.2) is 5.84 Å². The van der Waals surface area contributed by atoms with Crippen LogP contribution in [-0.2, 0) is 28.6 Å². The van der Waals surface area contributed by atoms with Crippen molar-refractivity contribution >= 4 is 17.8 Å². The fourth-order valence-electron chi connectivity index (χ4n) is 2.99. The van der Waals surface area contributed by atoms with Crippen molar-refractivity contribution in [3.05, 3.63) is 11.8 Å². The molecule has 172 valence electrons. The van der Waals surface area contributed by atoms with Crippen molar-refractivity contribution in [3.63, 3.8) is 0 Å². The molecule has 0 aromatic carbocycles. The summed E-state index contributed by atoms with van der Waals surface area (Å²) < 4.78 is 15.5. The second-order valence-electron chi connectivity index (χ2n) is 6.97. The first-order valence-electron chi connectivity index (χ1n) is 9.97. The highest BCUT2D eigenvalue weighted by Gasteiger charge is 2.40. The predicted octanol–water partition coefficient (Wildman–Crippen LogP) is -0.142. The van der Waals surface area contributed by atoms with Crippen molar-refractivity contribution in [1.29, 1.82) is 5.41 Å². The predicted molar refractivity (Wildman–Crippen MR) is 108 cm³/mol. The number of hydroxylamine groups is 1. The molecular weight excluding hydrogens is 396 g/mol. The van der Waals surface area contributed by atoms with Gasteiger partial charge < -0.3 is 24.2 Å². The number of likely N-dealkylation sites (tertiary alicyclic amines) is 1. The van der Waals surface area contributed by atoms with E-state index in [1.807, 2.05) is 14.1 Å². The third-order valence-electron chi connectivity index (χ3n) is 4.35. The fraction of sp³-hybridized carbons (Fsp3) is 0.737. The van der Waals surface area contributed by atoms with Gasteiger partial charge >= 0.3 is 11.9 Å². The molecule has 11 nitrogen and oxygen atoms in total. The molecule has 0 aromatic heterocycles. The lowest BCUT2D eigenvalue weighted by Gasteiger charge is -2.42. The minimum absolute atomic E-state index is 0.0567. The number of rotatable bonds is 12. The number of ether oxygens (including phenoxy) is 3. The lowest BCUT2D eigenvalue weighted by atomic mass is 9.90. The number of nitrogens with zero attached hydrogens (tertiary/aromatic N) is 2. The minimum atomic E-state index is -1.00. The Morgan fingerprint density at radius 3 is 2.37 bits per heavy atom. The molecule has 1 fully saturated rings. The van der Waals surface area contributed by atoms with E-state index in [0.717, 1.165) is 12.7 Å². The van der Waals surface area contributed by atoms with Crippen molar-refractivity contribution in [1.82, 2.24) is 15.3 Å². The second kappa shape index (κ2) is 13.2. The summed E-state index contributed by atoms with van der Waals surface area (Å²) in [5.41, 5.74) is 1.41. The molecule has 1 rings (SSSR count). The lowest BCUT2D eigenvalue weighted by molar-refractivity contribution is -0.145. The molecule has 0 radical (unpaired) electrons. The van der Waals surface area contributed by atoms with Gasteiger partial charge in [-0.1, -0.05) is 0 Å². The van der Waals surface area contributed by atoms with Crippen LogP contribution in [0, 0.1) is 5.41 Å². The Morgan fingerprint density at radius 1 is 1.20 bits per heavy atom. The van der Waals surface area contributed by atoms with E-state index in [1.54, 1.807) is 13.8 Å². The van der Waals surface area contributed by atoms with E-state index in [1.165, 1.54) is 0 Å². The number of aliphatic hydroxyl groups excluding tert-OH is 1. The number of piperidine rings is 1. The molecule has 3 N–H and O–H groups in total. The Bertz CT molecular complexity index is 602. The van der Waals surface area contributed by atoms with Crippen molar-refractivity contribution in [2.24, 2.45) is 0 Å². The van der Waals surface area contributed by atoms with E-state index in [-0.39, 0.29) is 32.3 Å².